The number of nitrogens with zero attached hydrogens (tertiary/aromatic N) is 2. The first-order valence-corrected chi connectivity index (χ1v) is 7.11. The Morgan fingerprint density at radius 3 is 2.45 bits per heavy atom. The van der Waals surface area contributed by atoms with Gasteiger partial charge in [0.05, 0.1) is 11.9 Å². The van der Waals surface area contributed by atoms with Gasteiger partial charge in [-0.2, -0.15) is 0 Å². The van der Waals surface area contributed by atoms with Crippen molar-refractivity contribution >= 4 is 11.9 Å². The molecule has 0 unspecified atom stereocenters. The number of rotatable bonds is 5. The molecule has 0 aliphatic carbocycles. The van der Waals surface area contributed by atoms with Gasteiger partial charge in [0.1, 0.15) is 12.4 Å². The Labute approximate surface area is 130 Å². The number of aliphatic imine (C=N–C) groups is 1. The van der Waals surface area contributed by atoms with Crippen molar-refractivity contribution in [2.75, 3.05) is 0 Å². The van der Waals surface area contributed by atoms with Gasteiger partial charge in [0.25, 0.3) is 0 Å². The van der Waals surface area contributed by atoms with Crippen LogP contribution in [0.4, 0.5) is 5.69 Å². The van der Waals surface area contributed by atoms with Crippen molar-refractivity contribution in [2.24, 2.45) is 4.99 Å². The van der Waals surface area contributed by atoms with Gasteiger partial charge in [-0.3, -0.25) is 9.98 Å². The van der Waals surface area contributed by atoms with Crippen LogP contribution in [0, 0.1) is 0 Å². The smallest absolute Gasteiger partial charge is 0.119 e. The minimum absolute atomic E-state index is 0.573. The topological polar surface area (TPSA) is 34.5 Å². The molecule has 0 bridgehead atoms. The van der Waals surface area contributed by atoms with E-state index in [9.17, 15) is 0 Å². The average Bonchev–Trinajstić information content (AvgIpc) is 2.61. The van der Waals surface area contributed by atoms with Crippen LogP contribution in [0.2, 0.25) is 0 Å². The van der Waals surface area contributed by atoms with Crippen LogP contribution in [0.5, 0.6) is 5.75 Å². The summed E-state index contributed by atoms with van der Waals surface area (Å²) >= 11 is 0. The van der Waals surface area contributed by atoms with Gasteiger partial charge in [-0.1, -0.05) is 30.3 Å². The molecule has 22 heavy (non-hydrogen) atoms. The lowest BCUT2D eigenvalue weighted by Gasteiger charge is -2.06. The monoisotopic (exact) mass is 288 g/mol. The van der Waals surface area contributed by atoms with Crippen LogP contribution in [-0.4, -0.2) is 11.2 Å². The molecule has 3 nitrogen and oxygen atoms in total. The highest BCUT2D eigenvalue weighted by Crippen LogP contribution is 2.14. The van der Waals surface area contributed by atoms with Gasteiger partial charge < -0.3 is 4.74 Å². The van der Waals surface area contributed by atoms with Crippen LogP contribution in [0.15, 0.2) is 84.1 Å². The van der Waals surface area contributed by atoms with Gasteiger partial charge in [0.15, 0.2) is 0 Å². The van der Waals surface area contributed by atoms with Crippen LogP contribution in [0.25, 0.3) is 0 Å². The largest absolute Gasteiger partial charge is 0.489 e. The zero-order valence-electron chi connectivity index (χ0n) is 12.1. The standard InChI is InChI=1S/C19H16N2O/c1-2-5-17(6-3-1)15-22-19-10-8-16(9-11-19)13-21-18-7-4-12-20-14-18/h1-14H,15H2. The van der Waals surface area contributed by atoms with Crippen molar-refractivity contribution in [3.63, 3.8) is 0 Å². The van der Waals surface area contributed by atoms with E-state index in [1.54, 1.807) is 12.4 Å². The summed E-state index contributed by atoms with van der Waals surface area (Å²) in [5.41, 5.74) is 3.02. The van der Waals surface area contributed by atoms with Crippen LogP contribution in [-0.2, 0) is 6.61 Å². The molecule has 1 aromatic heterocycles. The highest BCUT2D eigenvalue weighted by atomic mass is 16.5. The molecule has 3 rings (SSSR count). The van der Waals surface area contributed by atoms with Crippen LogP contribution >= 0.6 is 0 Å². The van der Waals surface area contributed by atoms with Crippen molar-refractivity contribution in [1.29, 1.82) is 0 Å². The minimum Gasteiger partial charge on any atom is -0.489 e. The van der Waals surface area contributed by atoms with Gasteiger partial charge in [-0.15, -0.1) is 0 Å². The fourth-order valence-electron chi connectivity index (χ4n) is 1.97. The Morgan fingerprint density at radius 1 is 0.909 bits per heavy atom. The first-order chi connectivity index (χ1) is 10.9. The molecule has 0 saturated carbocycles. The van der Waals surface area contributed by atoms with E-state index in [0.29, 0.717) is 6.61 Å². The van der Waals surface area contributed by atoms with E-state index in [1.807, 2.05) is 60.8 Å². The second-order valence-electron chi connectivity index (χ2n) is 4.81. The molecule has 0 N–H and O–H groups in total. The minimum atomic E-state index is 0.573. The van der Waals surface area contributed by atoms with E-state index in [2.05, 4.69) is 22.1 Å². The summed E-state index contributed by atoms with van der Waals surface area (Å²) in [6.07, 6.45) is 5.28. The van der Waals surface area contributed by atoms with E-state index in [1.165, 1.54) is 0 Å². The van der Waals surface area contributed by atoms with E-state index in [0.717, 1.165) is 22.6 Å². The van der Waals surface area contributed by atoms with Crippen LogP contribution in [0.3, 0.4) is 0 Å². The highest BCUT2D eigenvalue weighted by Gasteiger charge is 1.96. The van der Waals surface area contributed by atoms with Gasteiger partial charge in [-0.25, -0.2) is 0 Å². The Hall–Kier alpha value is -2.94. The summed E-state index contributed by atoms with van der Waals surface area (Å²) in [6.45, 7) is 0.573. The quantitative estimate of drug-likeness (QED) is 0.652. The Bertz CT molecular complexity index is 722. The highest BCUT2D eigenvalue weighted by molar-refractivity contribution is 5.81. The third-order valence-electron chi connectivity index (χ3n) is 3.14. The molecule has 2 aromatic carbocycles. The summed E-state index contributed by atoms with van der Waals surface area (Å²) in [5.74, 6) is 0.849. The van der Waals surface area contributed by atoms with E-state index in [-0.39, 0.29) is 0 Å². The summed E-state index contributed by atoms with van der Waals surface area (Å²) in [4.78, 5) is 8.40. The summed E-state index contributed by atoms with van der Waals surface area (Å²) in [7, 11) is 0. The molecule has 0 radical (unpaired) electrons. The summed E-state index contributed by atoms with van der Waals surface area (Å²) < 4.78 is 5.76. The molecular formula is C19H16N2O. The summed E-state index contributed by atoms with van der Waals surface area (Å²) in [6, 6.07) is 21.8. The third-order valence-corrected chi connectivity index (χ3v) is 3.14. The molecule has 0 fully saturated rings. The van der Waals surface area contributed by atoms with E-state index in [4.69, 9.17) is 4.74 Å². The molecule has 3 heteroatoms. The van der Waals surface area contributed by atoms with E-state index >= 15 is 0 Å². The molecule has 0 spiro atoms. The lowest BCUT2D eigenvalue weighted by molar-refractivity contribution is 0.306. The zero-order chi connectivity index (χ0) is 15.0. The molecule has 0 atom stereocenters. The second kappa shape index (κ2) is 7.18. The lowest BCUT2D eigenvalue weighted by atomic mass is 10.2. The molecule has 0 amide bonds. The number of hydrogen-bond donors (Lipinski definition) is 0. The Balaban J connectivity index is 1.59. The number of benzene rings is 2. The molecular weight excluding hydrogens is 272 g/mol. The van der Waals surface area contributed by atoms with Gasteiger partial charge in [0.2, 0.25) is 0 Å². The first kappa shape index (κ1) is 14.0. The molecule has 0 aliphatic heterocycles. The molecule has 108 valence electrons. The Kier molecular flexibility index (Phi) is 4.57. The van der Waals surface area contributed by atoms with Crippen molar-refractivity contribution in [1.82, 2.24) is 4.98 Å². The van der Waals surface area contributed by atoms with Crippen molar-refractivity contribution in [3.8, 4) is 5.75 Å². The predicted octanol–water partition coefficient (Wildman–Crippen LogP) is 4.41. The number of hydrogen-bond acceptors (Lipinski definition) is 3. The fraction of sp³-hybridized carbons (Fsp3) is 0.0526. The third kappa shape index (κ3) is 4.03. The Morgan fingerprint density at radius 2 is 1.73 bits per heavy atom. The molecule has 0 aliphatic rings. The van der Waals surface area contributed by atoms with Gasteiger partial charge >= 0.3 is 0 Å². The van der Waals surface area contributed by atoms with Gasteiger partial charge in [-0.05, 0) is 47.5 Å². The molecule has 3 aromatic rings. The SMILES string of the molecule is C(=Nc1cccnc1)c1ccc(OCc2ccccc2)cc1. The number of ether oxygens (including phenoxy) is 1. The van der Waals surface area contributed by atoms with Gasteiger partial charge in [0, 0.05) is 12.4 Å². The van der Waals surface area contributed by atoms with Crippen molar-refractivity contribution in [3.05, 3.63) is 90.3 Å². The fourth-order valence-corrected chi connectivity index (χ4v) is 1.97. The maximum atomic E-state index is 5.76. The number of aromatic nitrogens is 1. The molecule has 0 saturated heterocycles. The van der Waals surface area contributed by atoms with Crippen LogP contribution < -0.4 is 4.74 Å². The maximum absolute atomic E-state index is 5.76. The lowest BCUT2D eigenvalue weighted by Crippen LogP contribution is -1.94. The maximum Gasteiger partial charge on any atom is 0.119 e. The van der Waals surface area contributed by atoms with Crippen molar-refractivity contribution in [2.45, 2.75) is 6.61 Å². The second-order valence-corrected chi connectivity index (χ2v) is 4.81. The van der Waals surface area contributed by atoms with Crippen molar-refractivity contribution < 1.29 is 4.74 Å². The van der Waals surface area contributed by atoms with Crippen LogP contribution in [0.1, 0.15) is 11.1 Å². The zero-order valence-corrected chi connectivity index (χ0v) is 12.1. The predicted molar refractivity (Wildman–Crippen MR) is 88.7 cm³/mol. The normalized spacial score (nSPS) is 10.7. The average molecular weight is 288 g/mol. The van der Waals surface area contributed by atoms with E-state index < -0.39 is 0 Å². The summed E-state index contributed by atoms with van der Waals surface area (Å²) in [5, 5.41) is 0. The molecule has 1 heterocycles. The first-order valence-electron chi connectivity index (χ1n) is 7.11. The number of pyridine rings is 1.